The number of benzene rings is 1. The van der Waals surface area contributed by atoms with E-state index in [0.29, 0.717) is 6.04 Å². The average Bonchev–Trinajstić information content (AvgIpc) is 2.25. The minimum atomic E-state index is 0.423. The SMILES string of the molecule is Clc1ccc(NC2CCCOC2)cc1Br. The maximum Gasteiger partial charge on any atom is 0.0667 e. The van der Waals surface area contributed by atoms with E-state index in [1.807, 2.05) is 18.2 Å². The van der Waals surface area contributed by atoms with E-state index in [0.717, 1.165) is 34.8 Å². The van der Waals surface area contributed by atoms with Gasteiger partial charge < -0.3 is 10.1 Å². The van der Waals surface area contributed by atoms with Gasteiger partial charge in [-0.15, -0.1) is 0 Å². The molecule has 0 amide bonds. The number of anilines is 1. The molecule has 0 radical (unpaired) electrons. The summed E-state index contributed by atoms with van der Waals surface area (Å²) in [5.41, 5.74) is 1.08. The molecule has 0 aromatic heterocycles. The van der Waals surface area contributed by atoms with E-state index in [4.69, 9.17) is 16.3 Å². The molecule has 2 rings (SSSR count). The molecule has 1 aromatic rings. The molecule has 0 bridgehead atoms. The Labute approximate surface area is 103 Å². The first-order chi connectivity index (χ1) is 7.25. The molecule has 82 valence electrons. The predicted molar refractivity (Wildman–Crippen MR) is 66.6 cm³/mol. The molecular formula is C11H13BrClNO. The fraction of sp³-hybridized carbons (Fsp3) is 0.455. The van der Waals surface area contributed by atoms with Gasteiger partial charge in [0.1, 0.15) is 0 Å². The zero-order chi connectivity index (χ0) is 10.7. The number of ether oxygens (including phenoxy) is 1. The number of halogens is 2. The Balaban J connectivity index is 2.00. The highest BCUT2D eigenvalue weighted by molar-refractivity contribution is 9.10. The van der Waals surface area contributed by atoms with Gasteiger partial charge in [-0.2, -0.15) is 0 Å². The molecule has 2 nitrogen and oxygen atoms in total. The van der Waals surface area contributed by atoms with Gasteiger partial charge in [0.05, 0.1) is 11.6 Å². The van der Waals surface area contributed by atoms with Crippen molar-refractivity contribution in [3.8, 4) is 0 Å². The largest absolute Gasteiger partial charge is 0.380 e. The Morgan fingerprint density at radius 2 is 2.33 bits per heavy atom. The zero-order valence-electron chi connectivity index (χ0n) is 8.30. The van der Waals surface area contributed by atoms with Crippen LogP contribution in [0.2, 0.25) is 5.02 Å². The lowest BCUT2D eigenvalue weighted by Gasteiger charge is -2.24. The van der Waals surface area contributed by atoms with Gasteiger partial charge in [-0.1, -0.05) is 11.6 Å². The minimum Gasteiger partial charge on any atom is -0.380 e. The highest BCUT2D eigenvalue weighted by atomic mass is 79.9. The molecular weight excluding hydrogens is 277 g/mol. The topological polar surface area (TPSA) is 21.3 Å². The van der Waals surface area contributed by atoms with Crippen LogP contribution in [0.5, 0.6) is 0 Å². The number of rotatable bonds is 2. The summed E-state index contributed by atoms with van der Waals surface area (Å²) >= 11 is 9.33. The Kier molecular flexibility index (Phi) is 3.89. The van der Waals surface area contributed by atoms with Crippen LogP contribution < -0.4 is 5.32 Å². The standard InChI is InChI=1S/C11H13BrClNO/c12-10-6-8(3-4-11(10)13)14-9-2-1-5-15-7-9/h3-4,6,9,14H,1-2,5,7H2. The van der Waals surface area contributed by atoms with E-state index in [-0.39, 0.29) is 0 Å². The van der Waals surface area contributed by atoms with E-state index < -0.39 is 0 Å². The van der Waals surface area contributed by atoms with Crippen molar-refractivity contribution < 1.29 is 4.74 Å². The summed E-state index contributed by atoms with van der Waals surface area (Å²) in [6.07, 6.45) is 2.30. The van der Waals surface area contributed by atoms with Crippen molar-refractivity contribution in [2.24, 2.45) is 0 Å². The summed E-state index contributed by atoms with van der Waals surface area (Å²) < 4.78 is 6.33. The van der Waals surface area contributed by atoms with Crippen molar-refractivity contribution in [2.45, 2.75) is 18.9 Å². The van der Waals surface area contributed by atoms with Gasteiger partial charge in [0.15, 0.2) is 0 Å². The molecule has 1 aromatic carbocycles. The minimum absolute atomic E-state index is 0.423. The summed E-state index contributed by atoms with van der Waals surface area (Å²) in [4.78, 5) is 0. The zero-order valence-corrected chi connectivity index (χ0v) is 10.6. The van der Waals surface area contributed by atoms with Gasteiger partial charge in [-0.25, -0.2) is 0 Å². The van der Waals surface area contributed by atoms with E-state index in [9.17, 15) is 0 Å². The summed E-state index contributed by atoms with van der Waals surface area (Å²) in [6, 6.07) is 6.29. The van der Waals surface area contributed by atoms with Gasteiger partial charge in [0.2, 0.25) is 0 Å². The van der Waals surface area contributed by atoms with Crippen LogP contribution >= 0.6 is 27.5 Å². The molecule has 1 atom stereocenters. The van der Waals surface area contributed by atoms with Crippen molar-refractivity contribution >= 4 is 33.2 Å². The van der Waals surface area contributed by atoms with Crippen LogP contribution in [0, 0.1) is 0 Å². The van der Waals surface area contributed by atoms with Crippen molar-refractivity contribution in [1.29, 1.82) is 0 Å². The Morgan fingerprint density at radius 3 is 3.00 bits per heavy atom. The van der Waals surface area contributed by atoms with E-state index in [1.54, 1.807) is 0 Å². The van der Waals surface area contributed by atoms with Crippen molar-refractivity contribution in [3.63, 3.8) is 0 Å². The number of hydrogen-bond acceptors (Lipinski definition) is 2. The molecule has 4 heteroatoms. The Hall–Kier alpha value is -0.250. The fourth-order valence-corrected chi connectivity index (χ4v) is 2.17. The quantitative estimate of drug-likeness (QED) is 0.897. The van der Waals surface area contributed by atoms with Crippen molar-refractivity contribution in [1.82, 2.24) is 0 Å². The lowest BCUT2D eigenvalue weighted by Crippen LogP contribution is -2.29. The number of hydrogen-bond donors (Lipinski definition) is 1. The summed E-state index contributed by atoms with van der Waals surface area (Å²) in [7, 11) is 0. The third kappa shape index (κ3) is 3.10. The van der Waals surface area contributed by atoms with E-state index in [2.05, 4.69) is 21.2 Å². The van der Waals surface area contributed by atoms with Crippen molar-refractivity contribution in [2.75, 3.05) is 18.5 Å². The highest BCUT2D eigenvalue weighted by Crippen LogP contribution is 2.26. The van der Waals surface area contributed by atoms with Crippen LogP contribution in [0.15, 0.2) is 22.7 Å². The van der Waals surface area contributed by atoms with Crippen LogP contribution in [0.4, 0.5) is 5.69 Å². The molecule has 0 spiro atoms. The van der Waals surface area contributed by atoms with E-state index >= 15 is 0 Å². The highest BCUT2D eigenvalue weighted by Gasteiger charge is 2.13. The first-order valence-electron chi connectivity index (χ1n) is 5.05. The lowest BCUT2D eigenvalue weighted by atomic mass is 10.1. The van der Waals surface area contributed by atoms with Crippen LogP contribution in [-0.2, 0) is 4.74 Å². The van der Waals surface area contributed by atoms with Crippen LogP contribution in [0.25, 0.3) is 0 Å². The molecule has 1 aliphatic rings. The average molecular weight is 291 g/mol. The van der Waals surface area contributed by atoms with Gasteiger partial charge in [-0.05, 0) is 47.0 Å². The summed E-state index contributed by atoms with van der Waals surface area (Å²) in [5.74, 6) is 0. The first kappa shape index (κ1) is 11.2. The second-order valence-corrected chi connectivity index (χ2v) is 4.95. The summed E-state index contributed by atoms with van der Waals surface area (Å²) in [6.45, 7) is 1.68. The van der Waals surface area contributed by atoms with Crippen LogP contribution in [0.3, 0.4) is 0 Å². The van der Waals surface area contributed by atoms with Gasteiger partial charge >= 0.3 is 0 Å². The smallest absolute Gasteiger partial charge is 0.0667 e. The molecule has 1 unspecified atom stereocenters. The second kappa shape index (κ2) is 5.19. The molecule has 15 heavy (non-hydrogen) atoms. The second-order valence-electron chi connectivity index (χ2n) is 3.69. The first-order valence-corrected chi connectivity index (χ1v) is 6.22. The lowest BCUT2D eigenvalue weighted by molar-refractivity contribution is 0.0876. The third-order valence-corrected chi connectivity index (χ3v) is 3.66. The van der Waals surface area contributed by atoms with Gasteiger partial charge in [0.25, 0.3) is 0 Å². The normalized spacial score (nSPS) is 21.3. The molecule has 1 heterocycles. The van der Waals surface area contributed by atoms with Gasteiger partial charge in [-0.3, -0.25) is 0 Å². The van der Waals surface area contributed by atoms with Crippen molar-refractivity contribution in [3.05, 3.63) is 27.7 Å². The van der Waals surface area contributed by atoms with E-state index in [1.165, 1.54) is 6.42 Å². The Bertz CT molecular complexity index is 339. The molecule has 0 saturated carbocycles. The number of nitrogens with one attached hydrogen (secondary N) is 1. The Morgan fingerprint density at radius 1 is 1.47 bits per heavy atom. The molecule has 1 fully saturated rings. The third-order valence-electron chi connectivity index (χ3n) is 2.45. The summed E-state index contributed by atoms with van der Waals surface area (Å²) in [5, 5.41) is 4.17. The molecule has 1 N–H and O–H groups in total. The van der Waals surface area contributed by atoms with Gasteiger partial charge in [0, 0.05) is 22.8 Å². The maximum absolute atomic E-state index is 5.92. The fourth-order valence-electron chi connectivity index (χ4n) is 1.68. The predicted octanol–water partition coefficient (Wildman–Crippen LogP) is 3.69. The molecule has 0 aliphatic carbocycles. The maximum atomic E-state index is 5.92. The van der Waals surface area contributed by atoms with Crippen LogP contribution in [0.1, 0.15) is 12.8 Å². The molecule has 1 aliphatic heterocycles. The van der Waals surface area contributed by atoms with Crippen LogP contribution in [-0.4, -0.2) is 19.3 Å². The molecule has 1 saturated heterocycles. The monoisotopic (exact) mass is 289 g/mol.